The molecule has 0 aliphatic rings. The van der Waals surface area contributed by atoms with Gasteiger partial charge < -0.3 is 4.74 Å². The van der Waals surface area contributed by atoms with Crippen LogP contribution < -0.4 is 4.74 Å². The number of aromatic nitrogens is 1. The molecule has 0 unspecified atom stereocenters. The molecule has 1 aromatic heterocycles. The van der Waals surface area contributed by atoms with Crippen LogP contribution >= 0.6 is 0 Å². The van der Waals surface area contributed by atoms with Gasteiger partial charge in [-0.25, -0.2) is 0 Å². The van der Waals surface area contributed by atoms with Gasteiger partial charge in [-0.2, -0.15) is 5.26 Å². The average Bonchev–Trinajstić information content (AvgIpc) is 2.39. The quantitative estimate of drug-likeness (QED) is 0.765. The molecule has 78 valence electrons. The molecule has 0 amide bonds. The third-order valence-corrected chi connectivity index (χ3v) is 2.29. The molecule has 0 spiro atoms. The van der Waals surface area contributed by atoms with Crippen LogP contribution in [0.3, 0.4) is 0 Å². The third-order valence-electron chi connectivity index (χ3n) is 2.29. The van der Waals surface area contributed by atoms with E-state index in [-0.39, 0.29) is 0 Å². The number of methoxy groups -OCH3 is 1. The van der Waals surface area contributed by atoms with Crippen molar-refractivity contribution < 1.29 is 4.74 Å². The van der Waals surface area contributed by atoms with Gasteiger partial charge in [-0.3, -0.25) is 4.98 Å². The number of hydrogen-bond acceptors (Lipinski definition) is 3. The van der Waals surface area contributed by atoms with E-state index in [2.05, 4.69) is 11.1 Å². The topological polar surface area (TPSA) is 45.9 Å². The van der Waals surface area contributed by atoms with E-state index in [4.69, 9.17) is 10.00 Å². The molecule has 0 aliphatic carbocycles. The zero-order valence-corrected chi connectivity index (χ0v) is 8.84. The number of nitriles is 1. The molecule has 2 aromatic rings. The van der Waals surface area contributed by atoms with Crippen molar-refractivity contribution in [2.75, 3.05) is 7.11 Å². The summed E-state index contributed by atoms with van der Waals surface area (Å²) in [4.78, 5) is 4.22. The summed E-state index contributed by atoms with van der Waals surface area (Å²) in [5.41, 5.74) is 2.18. The van der Waals surface area contributed by atoms with Gasteiger partial charge in [0.05, 0.1) is 24.4 Å². The molecular formula is C13H10N2O. The maximum Gasteiger partial charge on any atom is 0.120 e. The lowest BCUT2D eigenvalue weighted by molar-refractivity contribution is 0.414. The SMILES string of the molecule is COc1ccc(-c2ccccn2)c(C#N)c1. The minimum atomic E-state index is 0.568. The number of hydrogen-bond donors (Lipinski definition) is 0. The minimum Gasteiger partial charge on any atom is -0.497 e. The highest BCUT2D eigenvalue weighted by molar-refractivity contribution is 5.68. The Balaban J connectivity index is 2.54. The molecule has 0 bridgehead atoms. The van der Waals surface area contributed by atoms with Crippen LogP contribution in [-0.2, 0) is 0 Å². The maximum atomic E-state index is 9.07. The number of pyridine rings is 1. The van der Waals surface area contributed by atoms with Crippen molar-refractivity contribution in [2.45, 2.75) is 0 Å². The fraction of sp³-hybridized carbons (Fsp3) is 0.0769. The molecule has 1 heterocycles. The van der Waals surface area contributed by atoms with E-state index in [9.17, 15) is 0 Å². The maximum absolute atomic E-state index is 9.07. The van der Waals surface area contributed by atoms with Crippen molar-refractivity contribution in [1.82, 2.24) is 4.98 Å². The van der Waals surface area contributed by atoms with Gasteiger partial charge in [0.25, 0.3) is 0 Å². The van der Waals surface area contributed by atoms with Gasteiger partial charge in [0.15, 0.2) is 0 Å². The number of nitrogens with zero attached hydrogens (tertiary/aromatic N) is 2. The van der Waals surface area contributed by atoms with E-state index in [0.29, 0.717) is 11.3 Å². The lowest BCUT2D eigenvalue weighted by Gasteiger charge is -2.05. The summed E-state index contributed by atoms with van der Waals surface area (Å²) in [6.07, 6.45) is 1.71. The molecule has 0 radical (unpaired) electrons. The molecule has 0 aliphatic heterocycles. The van der Waals surface area contributed by atoms with Gasteiger partial charge in [-0.05, 0) is 30.3 Å². The first-order valence-electron chi connectivity index (χ1n) is 4.84. The number of ether oxygens (including phenoxy) is 1. The van der Waals surface area contributed by atoms with Gasteiger partial charge in [0.2, 0.25) is 0 Å². The van der Waals surface area contributed by atoms with Crippen LogP contribution in [0.2, 0.25) is 0 Å². The van der Waals surface area contributed by atoms with Crippen molar-refractivity contribution in [3.8, 4) is 23.1 Å². The summed E-state index contributed by atoms with van der Waals surface area (Å²) < 4.78 is 5.08. The highest BCUT2D eigenvalue weighted by Gasteiger charge is 2.06. The molecule has 3 heteroatoms. The second kappa shape index (κ2) is 4.45. The zero-order valence-electron chi connectivity index (χ0n) is 8.84. The van der Waals surface area contributed by atoms with Crippen LogP contribution in [0.25, 0.3) is 11.3 Å². The second-order valence-corrected chi connectivity index (χ2v) is 3.24. The van der Waals surface area contributed by atoms with Gasteiger partial charge in [0, 0.05) is 11.8 Å². The minimum absolute atomic E-state index is 0.568. The Morgan fingerprint density at radius 2 is 2.12 bits per heavy atom. The van der Waals surface area contributed by atoms with E-state index in [1.807, 2.05) is 30.3 Å². The summed E-state index contributed by atoms with van der Waals surface area (Å²) in [7, 11) is 1.58. The number of rotatable bonds is 2. The van der Waals surface area contributed by atoms with Crippen LogP contribution in [0.5, 0.6) is 5.75 Å². The lowest BCUT2D eigenvalue weighted by atomic mass is 10.0. The Labute approximate surface area is 93.9 Å². The smallest absolute Gasteiger partial charge is 0.120 e. The van der Waals surface area contributed by atoms with E-state index in [1.54, 1.807) is 19.4 Å². The molecule has 0 atom stereocenters. The number of benzene rings is 1. The fourth-order valence-corrected chi connectivity index (χ4v) is 1.49. The predicted molar refractivity (Wildman–Crippen MR) is 60.9 cm³/mol. The van der Waals surface area contributed by atoms with Crippen molar-refractivity contribution in [3.63, 3.8) is 0 Å². The first-order chi connectivity index (χ1) is 7.85. The molecule has 0 saturated heterocycles. The van der Waals surface area contributed by atoms with Gasteiger partial charge in [-0.15, -0.1) is 0 Å². The zero-order chi connectivity index (χ0) is 11.4. The summed E-state index contributed by atoms with van der Waals surface area (Å²) in [5, 5.41) is 9.07. The standard InChI is InChI=1S/C13H10N2O/c1-16-11-5-6-12(10(8-11)9-14)13-4-2-3-7-15-13/h2-8H,1H3. The van der Waals surface area contributed by atoms with Crippen LogP contribution in [0.4, 0.5) is 0 Å². The monoisotopic (exact) mass is 210 g/mol. The normalized spacial score (nSPS) is 9.50. The van der Waals surface area contributed by atoms with Gasteiger partial charge >= 0.3 is 0 Å². The first kappa shape index (κ1) is 10.2. The molecule has 1 aromatic carbocycles. The van der Waals surface area contributed by atoms with Crippen molar-refractivity contribution in [3.05, 3.63) is 48.2 Å². The van der Waals surface area contributed by atoms with Crippen LogP contribution in [-0.4, -0.2) is 12.1 Å². The molecular weight excluding hydrogens is 200 g/mol. The Bertz CT molecular complexity index is 529. The molecule has 2 rings (SSSR count). The lowest BCUT2D eigenvalue weighted by Crippen LogP contribution is -1.89. The first-order valence-corrected chi connectivity index (χ1v) is 4.84. The van der Waals surface area contributed by atoms with E-state index in [1.165, 1.54) is 0 Å². The Morgan fingerprint density at radius 3 is 2.75 bits per heavy atom. The summed E-state index contributed by atoms with van der Waals surface area (Å²) in [6.45, 7) is 0. The van der Waals surface area contributed by atoms with E-state index >= 15 is 0 Å². The van der Waals surface area contributed by atoms with Crippen molar-refractivity contribution in [1.29, 1.82) is 5.26 Å². The predicted octanol–water partition coefficient (Wildman–Crippen LogP) is 2.63. The molecule has 16 heavy (non-hydrogen) atoms. The molecule has 0 fully saturated rings. The third kappa shape index (κ3) is 1.86. The van der Waals surface area contributed by atoms with Crippen LogP contribution in [0.15, 0.2) is 42.6 Å². The van der Waals surface area contributed by atoms with Crippen molar-refractivity contribution in [2.24, 2.45) is 0 Å². The molecule has 3 nitrogen and oxygen atoms in total. The Kier molecular flexibility index (Phi) is 2.84. The molecule has 0 N–H and O–H groups in total. The van der Waals surface area contributed by atoms with E-state index in [0.717, 1.165) is 11.3 Å². The van der Waals surface area contributed by atoms with Gasteiger partial charge in [0.1, 0.15) is 5.75 Å². The van der Waals surface area contributed by atoms with E-state index < -0.39 is 0 Å². The molecule has 0 saturated carbocycles. The highest BCUT2D eigenvalue weighted by atomic mass is 16.5. The van der Waals surface area contributed by atoms with Crippen LogP contribution in [0, 0.1) is 11.3 Å². The fourth-order valence-electron chi connectivity index (χ4n) is 1.49. The highest BCUT2D eigenvalue weighted by Crippen LogP contribution is 2.24. The summed E-state index contributed by atoms with van der Waals surface area (Å²) >= 11 is 0. The Morgan fingerprint density at radius 1 is 1.25 bits per heavy atom. The largest absolute Gasteiger partial charge is 0.497 e. The van der Waals surface area contributed by atoms with Gasteiger partial charge in [-0.1, -0.05) is 6.07 Å². The second-order valence-electron chi connectivity index (χ2n) is 3.24. The Hall–Kier alpha value is -2.34. The summed E-state index contributed by atoms with van der Waals surface area (Å²) in [6, 6.07) is 13.2. The van der Waals surface area contributed by atoms with Crippen LogP contribution in [0.1, 0.15) is 5.56 Å². The average molecular weight is 210 g/mol. The summed E-state index contributed by atoms with van der Waals surface area (Å²) in [5.74, 6) is 0.677. The van der Waals surface area contributed by atoms with Crippen molar-refractivity contribution >= 4 is 0 Å².